The van der Waals surface area contributed by atoms with Crippen LogP contribution < -0.4 is 0 Å². The Morgan fingerprint density at radius 1 is 1.30 bits per heavy atom. The molecule has 0 unspecified atom stereocenters. The molecule has 2 aromatic rings. The Kier molecular flexibility index (Phi) is 3.04. The van der Waals surface area contributed by atoms with Crippen LogP contribution in [0.1, 0.15) is 36.2 Å². The lowest BCUT2D eigenvalue weighted by Gasteiger charge is -2.13. The molecular formula is C15H16N2O3. The van der Waals surface area contributed by atoms with Crippen LogP contribution in [-0.4, -0.2) is 21.9 Å². The molecule has 0 bridgehead atoms. The zero-order chi connectivity index (χ0) is 14.3. The monoisotopic (exact) mass is 272 g/mol. The Bertz CT molecular complexity index is 689. The predicted octanol–water partition coefficient (Wildman–Crippen LogP) is 3.07. The van der Waals surface area contributed by atoms with Crippen LogP contribution in [0.4, 0.5) is 0 Å². The molecule has 0 saturated carbocycles. The molecule has 104 valence electrons. The van der Waals surface area contributed by atoms with Gasteiger partial charge in [-0.15, -0.1) is 0 Å². The van der Waals surface area contributed by atoms with E-state index in [1.165, 1.54) is 0 Å². The van der Waals surface area contributed by atoms with E-state index in [2.05, 4.69) is 0 Å². The van der Waals surface area contributed by atoms with E-state index in [0.29, 0.717) is 6.42 Å². The SMILES string of the molecule is CCC[C@@H]1C(=O)n2c(cc3ccccc32)[C@@H]1C[N+](=O)[O-]. The molecule has 0 amide bonds. The van der Waals surface area contributed by atoms with Gasteiger partial charge in [-0.1, -0.05) is 31.5 Å². The summed E-state index contributed by atoms with van der Waals surface area (Å²) in [4.78, 5) is 23.2. The van der Waals surface area contributed by atoms with Crippen LogP contribution in [0.3, 0.4) is 0 Å². The van der Waals surface area contributed by atoms with Crippen molar-refractivity contribution in [2.24, 2.45) is 5.92 Å². The Balaban J connectivity index is 2.14. The molecule has 5 nitrogen and oxygen atoms in total. The van der Waals surface area contributed by atoms with Gasteiger partial charge in [0, 0.05) is 16.0 Å². The minimum atomic E-state index is -0.312. The second-order valence-corrected chi connectivity index (χ2v) is 5.32. The summed E-state index contributed by atoms with van der Waals surface area (Å²) < 4.78 is 1.68. The highest BCUT2D eigenvalue weighted by molar-refractivity contribution is 5.98. The summed E-state index contributed by atoms with van der Waals surface area (Å²) in [6, 6.07) is 9.56. The normalized spacial score (nSPS) is 21.4. The standard InChI is InChI=1S/C15H16N2O3/c1-2-5-11-12(9-16(19)20)14-8-10-6-3-4-7-13(10)17(14)15(11)18/h3-4,6-8,11-12H,2,5,9H2,1H3/t11-,12+/m0/s1. The van der Waals surface area contributed by atoms with Crippen LogP contribution in [0.25, 0.3) is 10.9 Å². The molecule has 1 aromatic carbocycles. The second kappa shape index (κ2) is 4.74. The van der Waals surface area contributed by atoms with Gasteiger partial charge in [0.1, 0.15) is 0 Å². The highest BCUT2D eigenvalue weighted by Gasteiger charge is 2.42. The molecule has 1 aromatic heterocycles. The average Bonchev–Trinajstić information content (AvgIpc) is 2.90. The van der Waals surface area contributed by atoms with Crippen LogP contribution in [0.2, 0.25) is 0 Å². The molecular weight excluding hydrogens is 256 g/mol. The fourth-order valence-electron chi connectivity index (χ4n) is 3.26. The molecule has 0 N–H and O–H groups in total. The number of rotatable bonds is 4. The van der Waals surface area contributed by atoms with Crippen molar-refractivity contribution >= 4 is 16.8 Å². The van der Waals surface area contributed by atoms with E-state index in [0.717, 1.165) is 23.0 Å². The quantitative estimate of drug-likeness (QED) is 0.634. The van der Waals surface area contributed by atoms with Gasteiger partial charge in [0.05, 0.1) is 17.4 Å². The van der Waals surface area contributed by atoms with Gasteiger partial charge < -0.3 is 0 Å². The molecule has 1 aliphatic heterocycles. The second-order valence-electron chi connectivity index (χ2n) is 5.32. The van der Waals surface area contributed by atoms with Gasteiger partial charge in [-0.25, -0.2) is 0 Å². The molecule has 0 saturated heterocycles. The van der Waals surface area contributed by atoms with E-state index in [1.54, 1.807) is 4.57 Å². The number of carbonyl (C=O) groups excluding carboxylic acids is 1. The summed E-state index contributed by atoms with van der Waals surface area (Å²) in [6.45, 7) is 1.83. The Hall–Kier alpha value is -2.17. The largest absolute Gasteiger partial charge is 0.283 e. The molecule has 1 aliphatic rings. The zero-order valence-corrected chi connectivity index (χ0v) is 11.3. The highest BCUT2D eigenvalue weighted by Crippen LogP contribution is 2.40. The summed E-state index contributed by atoms with van der Waals surface area (Å²) in [7, 11) is 0. The topological polar surface area (TPSA) is 65.1 Å². The number of para-hydroxylation sites is 1. The van der Waals surface area contributed by atoms with Crippen LogP contribution in [-0.2, 0) is 0 Å². The summed E-state index contributed by atoms with van der Waals surface area (Å²) in [5.41, 5.74) is 1.66. The van der Waals surface area contributed by atoms with E-state index >= 15 is 0 Å². The van der Waals surface area contributed by atoms with Gasteiger partial charge in [-0.2, -0.15) is 0 Å². The molecule has 0 fully saturated rings. The lowest BCUT2D eigenvalue weighted by atomic mass is 9.88. The number of aromatic nitrogens is 1. The number of nitro groups is 1. The summed E-state index contributed by atoms with van der Waals surface area (Å²) >= 11 is 0. The maximum absolute atomic E-state index is 12.6. The van der Waals surface area contributed by atoms with Crippen LogP contribution >= 0.6 is 0 Å². The fraction of sp³-hybridized carbons (Fsp3) is 0.400. The molecule has 0 spiro atoms. The molecule has 2 heterocycles. The maximum atomic E-state index is 12.6. The Labute approximate surface area is 116 Å². The minimum Gasteiger partial charge on any atom is -0.283 e. The van der Waals surface area contributed by atoms with Gasteiger partial charge in [0.2, 0.25) is 12.5 Å². The average molecular weight is 272 g/mol. The van der Waals surface area contributed by atoms with Crippen molar-refractivity contribution in [3.8, 4) is 0 Å². The van der Waals surface area contributed by atoms with E-state index in [1.807, 2.05) is 37.3 Å². The molecule has 0 radical (unpaired) electrons. The Morgan fingerprint density at radius 3 is 2.75 bits per heavy atom. The smallest absolute Gasteiger partial charge is 0.235 e. The number of benzene rings is 1. The van der Waals surface area contributed by atoms with Crippen molar-refractivity contribution < 1.29 is 9.72 Å². The van der Waals surface area contributed by atoms with Gasteiger partial charge >= 0.3 is 0 Å². The molecule has 0 aliphatic carbocycles. The number of hydrogen-bond acceptors (Lipinski definition) is 3. The van der Waals surface area contributed by atoms with Crippen LogP contribution in [0.15, 0.2) is 30.3 Å². The summed E-state index contributed by atoms with van der Waals surface area (Å²) in [5.74, 6) is -0.551. The van der Waals surface area contributed by atoms with Crippen LogP contribution in [0.5, 0.6) is 0 Å². The van der Waals surface area contributed by atoms with Gasteiger partial charge in [-0.05, 0) is 18.6 Å². The first kappa shape index (κ1) is 12.8. The number of hydrogen-bond donors (Lipinski definition) is 0. The lowest BCUT2D eigenvalue weighted by Crippen LogP contribution is -2.21. The van der Waals surface area contributed by atoms with E-state index in [-0.39, 0.29) is 29.2 Å². The third kappa shape index (κ3) is 1.81. The first-order valence-corrected chi connectivity index (χ1v) is 6.90. The third-order valence-electron chi connectivity index (χ3n) is 4.09. The van der Waals surface area contributed by atoms with Crippen molar-refractivity contribution in [2.45, 2.75) is 25.7 Å². The van der Waals surface area contributed by atoms with Crippen molar-refractivity contribution in [1.82, 2.24) is 4.57 Å². The van der Waals surface area contributed by atoms with Crippen molar-refractivity contribution in [3.63, 3.8) is 0 Å². The first-order valence-electron chi connectivity index (χ1n) is 6.90. The predicted molar refractivity (Wildman–Crippen MR) is 75.6 cm³/mol. The first-order chi connectivity index (χ1) is 9.63. The van der Waals surface area contributed by atoms with E-state index in [9.17, 15) is 14.9 Å². The lowest BCUT2D eigenvalue weighted by molar-refractivity contribution is -0.484. The van der Waals surface area contributed by atoms with E-state index in [4.69, 9.17) is 0 Å². The third-order valence-corrected chi connectivity index (χ3v) is 4.09. The molecule has 2 atom stereocenters. The van der Waals surface area contributed by atoms with Crippen LogP contribution in [0, 0.1) is 16.0 Å². The van der Waals surface area contributed by atoms with Crippen molar-refractivity contribution in [2.75, 3.05) is 6.54 Å². The van der Waals surface area contributed by atoms with Gasteiger partial charge in [0.25, 0.3) is 0 Å². The minimum absolute atomic E-state index is 0.00917. The number of fused-ring (bicyclic) bond motifs is 3. The zero-order valence-electron chi connectivity index (χ0n) is 11.3. The number of nitrogens with zero attached hydrogens (tertiary/aromatic N) is 2. The van der Waals surface area contributed by atoms with Gasteiger partial charge in [0.15, 0.2) is 0 Å². The fourth-order valence-corrected chi connectivity index (χ4v) is 3.26. The number of carbonyl (C=O) groups is 1. The van der Waals surface area contributed by atoms with Gasteiger partial charge in [-0.3, -0.25) is 19.5 Å². The summed E-state index contributed by atoms with van der Waals surface area (Å²) in [6.07, 6.45) is 1.56. The molecule has 5 heteroatoms. The Morgan fingerprint density at radius 2 is 2.05 bits per heavy atom. The van der Waals surface area contributed by atoms with Crippen molar-refractivity contribution in [1.29, 1.82) is 0 Å². The summed E-state index contributed by atoms with van der Waals surface area (Å²) in [5, 5.41) is 11.9. The van der Waals surface area contributed by atoms with E-state index < -0.39 is 0 Å². The highest BCUT2D eigenvalue weighted by atomic mass is 16.6. The molecule has 3 rings (SSSR count). The van der Waals surface area contributed by atoms with Crippen molar-refractivity contribution in [3.05, 3.63) is 46.1 Å². The molecule has 20 heavy (non-hydrogen) atoms. The maximum Gasteiger partial charge on any atom is 0.235 e.